The highest BCUT2D eigenvalue weighted by Crippen LogP contribution is 2.41. The predicted octanol–water partition coefficient (Wildman–Crippen LogP) is 3.35. The lowest BCUT2D eigenvalue weighted by atomic mass is 9.82. The molecule has 1 unspecified atom stereocenters. The van der Waals surface area contributed by atoms with Gasteiger partial charge in [-0.25, -0.2) is 0 Å². The summed E-state index contributed by atoms with van der Waals surface area (Å²) in [6.45, 7) is 9.02. The first-order valence-corrected chi connectivity index (χ1v) is 9.74. The van der Waals surface area contributed by atoms with Crippen LogP contribution in [-0.2, 0) is 9.59 Å². The zero-order chi connectivity index (χ0) is 21.1. The maximum absolute atomic E-state index is 13.1. The van der Waals surface area contributed by atoms with Gasteiger partial charge in [0.05, 0.1) is 18.2 Å². The first-order chi connectivity index (χ1) is 13.1. The number of nitrogens with zero attached hydrogens (tertiary/aromatic N) is 2. The Morgan fingerprint density at radius 1 is 1.29 bits per heavy atom. The summed E-state index contributed by atoms with van der Waals surface area (Å²) in [5.41, 5.74) is 0.219. The van der Waals surface area contributed by atoms with Gasteiger partial charge in [0.25, 0.3) is 5.91 Å². The van der Waals surface area contributed by atoms with Gasteiger partial charge in [0.15, 0.2) is 11.5 Å². The Kier molecular flexibility index (Phi) is 6.88. The van der Waals surface area contributed by atoms with Gasteiger partial charge in [-0.3, -0.25) is 9.59 Å². The smallest absolute Gasteiger partial charge is 0.290 e. The van der Waals surface area contributed by atoms with E-state index >= 15 is 0 Å². The fourth-order valence-electron chi connectivity index (χ4n) is 3.17. The van der Waals surface area contributed by atoms with E-state index in [0.29, 0.717) is 25.4 Å². The van der Waals surface area contributed by atoms with Crippen molar-refractivity contribution in [1.82, 2.24) is 9.80 Å². The van der Waals surface area contributed by atoms with Gasteiger partial charge >= 0.3 is 0 Å². The Morgan fingerprint density at radius 2 is 1.96 bits per heavy atom. The largest absolute Gasteiger partial charge is 0.503 e. The number of benzene rings is 1. The number of Topliss-reactive ketones (excluding diaryl/α,β-unsaturated/α-hetero) is 1. The molecule has 1 N–H and O–H groups in total. The maximum Gasteiger partial charge on any atom is 0.290 e. The molecule has 6 nitrogen and oxygen atoms in total. The molecule has 1 amide bonds. The standard InChI is InChI=1S/C22H32N2O4/c1-7-13-28-16-10-8-9-15(14-16)18-17(20(26)22(2,3)4)19(25)21(27)24(18)12-11-23(5)6/h8-10,14,18,25H,7,11-13H2,1-6H3. The first kappa shape index (κ1) is 22.0. The van der Waals surface area contributed by atoms with E-state index in [1.54, 1.807) is 25.7 Å². The Bertz CT molecular complexity index is 762. The van der Waals surface area contributed by atoms with Crippen LogP contribution in [0.15, 0.2) is 35.6 Å². The SMILES string of the molecule is CCCOc1cccc(C2C(C(=O)C(C)(C)C)=C(O)C(=O)N2CCN(C)C)c1. The normalized spacial score (nSPS) is 17.6. The Labute approximate surface area is 167 Å². The third-order valence-electron chi connectivity index (χ3n) is 4.66. The molecule has 154 valence electrons. The molecule has 1 atom stereocenters. The van der Waals surface area contributed by atoms with Crippen molar-refractivity contribution in [2.24, 2.45) is 5.41 Å². The number of aliphatic hydroxyl groups is 1. The number of hydrogen-bond donors (Lipinski definition) is 1. The van der Waals surface area contributed by atoms with Gasteiger partial charge in [-0.15, -0.1) is 0 Å². The van der Waals surface area contributed by atoms with Gasteiger partial charge < -0.3 is 19.6 Å². The van der Waals surface area contributed by atoms with Crippen LogP contribution in [0.2, 0.25) is 0 Å². The number of ketones is 1. The molecule has 0 bridgehead atoms. The highest BCUT2D eigenvalue weighted by atomic mass is 16.5. The van der Waals surface area contributed by atoms with Gasteiger partial charge in [-0.2, -0.15) is 0 Å². The Balaban J connectivity index is 2.51. The van der Waals surface area contributed by atoms with Gasteiger partial charge in [0, 0.05) is 18.5 Å². The van der Waals surface area contributed by atoms with E-state index in [9.17, 15) is 14.7 Å². The summed E-state index contributed by atoms with van der Waals surface area (Å²) in [7, 11) is 3.84. The van der Waals surface area contributed by atoms with E-state index in [0.717, 1.165) is 12.0 Å². The van der Waals surface area contributed by atoms with E-state index in [4.69, 9.17) is 4.74 Å². The summed E-state index contributed by atoms with van der Waals surface area (Å²) in [6.07, 6.45) is 0.884. The lowest BCUT2D eigenvalue weighted by Crippen LogP contribution is -2.37. The average molecular weight is 389 g/mol. The number of aliphatic hydroxyl groups excluding tert-OH is 1. The number of rotatable bonds is 8. The van der Waals surface area contributed by atoms with E-state index in [-0.39, 0.29) is 11.4 Å². The lowest BCUT2D eigenvalue weighted by Gasteiger charge is -2.30. The second-order valence-corrected chi connectivity index (χ2v) is 8.47. The Morgan fingerprint density at radius 3 is 2.54 bits per heavy atom. The minimum atomic E-state index is -0.713. The summed E-state index contributed by atoms with van der Waals surface area (Å²) in [6, 6.07) is 6.81. The number of carbonyl (C=O) groups is 2. The number of amides is 1. The van der Waals surface area contributed by atoms with Gasteiger partial charge in [0.2, 0.25) is 0 Å². The molecule has 1 aromatic carbocycles. The van der Waals surface area contributed by atoms with E-state index < -0.39 is 23.1 Å². The molecule has 1 heterocycles. The average Bonchev–Trinajstić information content (AvgIpc) is 2.88. The van der Waals surface area contributed by atoms with Crippen LogP contribution in [0.3, 0.4) is 0 Å². The van der Waals surface area contributed by atoms with E-state index in [1.165, 1.54) is 0 Å². The molecule has 0 saturated heterocycles. The highest BCUT2D eigenvalue weighted by Gasteiger charge is 2.45. The van der Waals surface area contributed by atoms with Crippen molar-refractivity contribution >= 4 is 11.7 Å². The molecule has 28 heavy (non-hydrogen) atoms. The molecule has 0 radical (unpaired) electrons. The molecule has 1 aliphatic heterocycles. The third kappa shape index (κ3) is 4.73. The number of hydrogen-bond acceptors (Lipinski definition) is 5. The van der Waals surface area contributed by atoms with Crippen LogP contribution in [0.4, 0.5) is 0 Å². The summed E-state index contributed by atoms with van der Waals surface area (Å²) in [5, 5.41) is 10.6. The molecule has 1 aliphatic rings. The Hall–Kier alpha value is -2.34. The molecule has 0 aromatic heterocycles. The van der Waals surface area contributed by atoms with E-state index in [1.807, 2.05) is 50.2 Å². The minimum Gasteiger partial charge on any atom is -0.503 e. The molecular formula is C22H32N2O4. The first-order valence-electron chi connectivity index (χ1n) is 9.74. The summed E-state index contributed by atoms with van der Waals surface area (Å²) in [4.78, 5) is 29.5. The van der Waals surface area contributed by atoms with Crippen molar-refractivity contribution in [3.8, 4) is 5.75 Å². The topological polar surface area (TPSA) is 70.1 Å². The minimum absolute atomic E-state index is 0.170. The van der Waals surface area contributed by atoms with Gasteiger partial charge in [-0.1, -0.05) is 39.8 Å². The quantitative estimate of drug-likeness (QED) is 0.740. The van der Waals surface area contributed by atoms with Crippen LogP contribution in [0.25, 0.3) is 0 Å². The zero-order valence-corrected chi connectivity index (χ0v) is 17.8. The van der Waals surface area contributed by atoms with Crippen LogP contribution < -0.4 is 4.74 Å². The number of likely N-dealkylation sites (N-methyl/N-ethyl adjacent to an activating group) is 1. The summed E-state index contributed by atoms with van der Waals surface area (Å²) in [5.74, 6) is -0.480. The molecule has 6 heteroatoms. The summed E-state index contributed by atoms with van der Waals surface area (Å²) >= 11 is 0. The second-order valence-electron chi connectivity index (χ2n) is 8.47. The van der Waals surface area contributed by atoms with Crippen LogP contribution >= 0.6 is 0 Å². The molecule has 0 fully saturated rings. The van der Waals surface area contributed by atoms with E-state index in [2.05, 4.69) is 0 Å². The number of carbonyl (C=O) groups excluding carboxylic acids is 2. The molecule has 2 rings (SSSR count). The molecular weight excluding hydrogens is 356 g/mol. The van der Waals surface area contributed by atoms with Crippen LogP contribution in [0.1, 0.15) is 45.7 Å². The van der Waals surface area contributed by atoms with Crippen molar-refractivity contribution in [3.63, 3.8) is 0 Å². The van der Waals surface area contributed by atoms with Crippen molar-refractivity contribution in [2.45, 2.75) is 40.2 Å². The number of ether oxygens (including phenoxy) is 1. The van der Waals surface area contributed by atoms with Crippen molar-refractivity contribution in [2.75, 3.05) is 33.8 Å². The van der Waals surface area contributed by atoms with Crippen molar-refractivity contribution in [3.05, 3.63) is 41.2 Å². The lowest BCUT2D eigenvalue weighted by molar-refractivity contribution is -0.129. The zero-order valence-electron chi connectivity index (χ0n) is 17.8. The monoisotopic (exact) mass is 388 g/mol. The van der Waals surface area contributed by atoms with Crippen LogP contribution in [-0.4, -0.2) is 60.4 Å². The molecule has 0 aliphatic carbocycles. The van der Waals surface area contributed by atoms with Crippen molar-refractivity contribution < 1.29 is 19.4 Å². The van der Waals surface area contributed by atoms with Crippen molar-refractivity contribution in [1.29, 1.82) is 0 Å². The van der Waals surface area contributed by atoms with Crippen LogP contribution in [0, 0.1) is 5.41 Å². The fraction of sp³-hybridized carbons (Fsp3) is 0.545. The van der Waals surface area contributed by atoms with Gasteiger partial charge in [0.1, 0.15) is 5.75 Å². The van der Waals surface area contributed by atoms with Crippen LogP contribution in [0.5, 0.6) is 5.75 Å². The summed E-state index contributed by atoms with van der Waals surface area (Å²) < 4.78 is 5.73. The maximum atomic E-state index is 13.1. The third-order valence-corrected chi connectivity index (χ3v) is 4.66. The molecule has 0 spiro atoms. The molecule has 1 aromatic rings. The van der Waals surface area contributed by atoms with Gasteiger partial charge in [-0.05, 0) is 38.2 Å². The highest BCUT2D eigenvalue weighted by molar-refractivity contribution is 6.10. The fourth-order valence-corrected chi connectivity index (χ4v) is 3.17. The predicted molar refractivity (Wildman–Crippen MR) is 109 cm³/mol. The second kappa shape index (κ2) is 8.78. The molecule has 0 saturated carbocycles.